The van der Waals surface area contributed by atoms with Crippen LogP contribution >= 0.6 is 11.3 Å². The van der Waals surface area contributed by atoms with Crippen molar-refractivity contribution in [3.05, 3.63) is 69.9 Å². The molecule has 2 N–H and O–H groups in total. The second-order valence-corrected chi connectivity index (χ2v) is 8.07. The van der Waals surface area contributed by atoms with Gasteiger partial charge in [0.05, 0.1) is 31.0 Å². The van der Waals surface area contributed by atoms with E-state index < -0.39 is 0 Å². The summed E-state index contributed by atoms with van der Waals surface area (Å²) < 4.78 is 25.4. The minimum absolute atomic E-state index is 0.195. The predicted octanol–water partition coefficient (Wildman–Crippen LogP) is 4.55. The van der Waals surface area contributed by atoms with E-state index in [0.29, 0.717) is 50.0 Å². The zero-order valence-electron chi connectivity index (χ0n) is 17.4. The van der Waals surface area contributed by atoms with E-state index in [0.717, 1.165) is 28.4 Å². The Kier molecular flexibility index (Phi) is 6.99. The number of aromatic nitrogens is 1. The number of ether oxygens (including phenoxy) is 2. The predicted molar refractivity (Wildman–Crippen MR) is 122 cm³/mol. The molecule has 1 aliphatic rings. The maximum atomic E-state index is 13.9. The number of hydrogen-bond donors (Lipinski definition) is 2. The van der Waals surface area contributed by atoms with Gasteiger partial charge in [-0.15, -0.1) is 11.3 Å². The average Bonchev–Trinajstić information content (AvgIpc) is 3.04. The normalized spacial score (nSPS) is 13.5. The van der Waals surface area contributed by atoms with Crippen molar-refractivity contribution >= 4 is 23.0 Å². The zero-order valence-corrected chi connectivity index (χ0v) is 18.2. The van der Waals surface area contributed by atoms with E-state index >= 15 is 0 Å². The van der Waals surface area contributed by atoms with Crippen LogP contribution in [0.5, 0.6) is 11.5 Å². The molecular weight excluding hydrogens is 415 g/mol. The second-order valence-electron chi connectivity index (χ2n) is 7.13. The van der Waals surface area contributed by atoms with Crippen molar-refractivity contribution in [1.82, 2.24) is 10.3 Å². The largest absolute Gasteiger partial charge is 0.490 e. The molecular formula is C23H25FN4O2S. The molecule has 4 rings (SSSR count). The minimum Gasteiger partial charge on any atom is -0.490 e. The number of anilines is 1. The molecule has 0 amide bonds. The molecule has 0 atom stereocenters. The third-order valence-electron chi connectivity index (χ3n) is 4.88. The van der Waals surface area contributed by atoms with Crippen molar-refractivity contribution < 1.29 is 13.9 Å². The van der Waals surface area contributed by atoms with Crippen LogP contribution in [0.25, 0.3) is 0 Å². The molecule has 6 nitrogen and oxygen atoms in total. The van der Waals surface area contributed by atoms with Crippen LogP contribution in [0.15, 0.2) is 53.0 Å². The average molecular weight is 441 g/mol. The highest BCUT2D eigenvalue weighted by atomic mass is 32.1. The van der Waals surface area contributed by atoms with Gasteiger partial charge in [0, 0.05) is 29.6 Å². The van der Waals surface area contributed by atoms with Crippen LogP contribution in [0.3, 0.4) is 0 Å². The standard InChI is InChI=1S/C23H25FN4O2S/c1-16-22(31-15-27-16)14-26-23(25-10-9-17-5-2-3-6-19(17)24)28-18-7-8-20-21(13-18)30-12-4-11-29-20/h2-3,5-8,13,15H,4,9-12,14H2,1H3,(H2,25,26,28). The number of benzene rings is 2. The van der Waals surface area contributed by atoms with Crippen molar-refractivity contribution in [2.24, 2.45) is 4.99 Å². The van der Waals surface area contributed by atoms with Crippen molar-refractivity contribution in [2.45, 2.75) is 26.3 Å². The molecule has 3 aromatic rings. The van der Waals surface area contributed by atoms with Crippen LogP contribution in [-0.2, 0) is 13.0 Å². The first-order valence-corrected chi connectivity index (χ1v) is 11.1. The van der Waals surface area contributed by atoms with Gasteiger partial charge in [-0.1, -0.05) is 18.2 Å². The number of thiazole rings is 1. The highest BCUT2D eigenvalue weighted by Crippen LogP contribution is 2.32. The van der Waals surface area contributed by atoms with Gasteiger partial charge in [-0.05, 0) is 37.1 Å². The Balaban J connectivity index is 1.47. The number of aryl methyl sites for hydroxylation is 1. The highest BCUT2D eigenvalue weighted by molar-refractivity contribution is 7.09. The van der Waals surface area contributed by atoms with Crippen LogP contribution in [-0.4, -0.2) is 30.7 Å². The summed E-state index contributed by atoms with van der Waals surface area (Å²) in [5.74, 6) is 1.87. The van der Waals surface area contributed by atoms with Gasteiger partial charge in [0.2, 0.25) is 0 Å². The van der Waals surface area contributed by atoms with Crippen LogP contribution in [0.4, 0.5) is 10.1 Å². The highest BCUT2D eigenvalue weighted by Gasteiger charge is 2.12. The summed E-state index contributed by atoms with van der Waals surface area (Å²) >= 11 is 1.58. The monoisotopic (exact) mass is 440 g/mol. The molecule has 0 aliphatic carbocycles. The molecule has 31 heavy (non-hydrogen) atoms. The van der Waals surface area contributed by atoms with E-state index in [1.54, 1.807) is 23.5 Å². The van der Waals surface area contributed by atoms with E-state index in [9.17, 15) is 4.39 Å². The lowest BCUT2D eigenvalue weighted by molar-refractivity contribution is 0.297. The van der Waals surface area contributed by atoms with Gasteiger partial charge >= 0.3 is 0 Å². The fraction of sp³-hybridized carbons (Fsp3) is 0.304. The number of nitrogens with zero attached hydrogens (tertiary/aromatic N) is 2. The summed E-state index contributed by atoms with van der Waals surface area (Å²) in [6, 6.07) is 12.6. The van der Waals surface area contributed by atoms with Crippen LogP contribution in [0, 0.1) is 12.7 Å². The minimum atomic E-state index is -0.195. The lowest BCUT2D eigenvalue weighted by atomic mass is 10.1. The second kappa shape index (κ2) is 10.3. The molecule has 2 aromatic carbocycles. The third kappa shape index (κ3) is 5.73. The summed E-state index contributed by atoms with van der Waals surface area (Å²) in [5, 5.41) is 6.63. The molecule has 1 aromatic heterocycles. The van der Waals surface area contributed by atoms with Crippen molar-refractivity contribution in [3.63, 3.8) is 0 Å². The van der Waals surface area contributed by atoms with Crippen LogP contribution < -0.4 is 20.1 Å². The van der Waals surface area contributed by atoms with E-state index in [2.05, 4.69) is 15.6 Å². The van der Waals surface area contributed by atoms with Gasteiger partial charge in [0.25, 0.3) is 0 Å². The lowest BCUT2D eigenvalue weighted by Crippen LogP contribution is -2.32. The van der Waals surface area contributed by atoms with Gasteiger partial charge in [0.15, 0.2) is 17.5 Å². The van der Waals surface area contributed by atoms with Gasteiger partial charge in [0.1, 0.15) is 5.82 Å². The summed E-state index contributed by atoms with van der Waals surface area (Å²) in [6.45, 7) is 4.31. The number of guanidine groups is 1. The quantitative estimate of drug-likeness (QED) is 0.435. The molecule has 0 bridgehead atoms. The maximum absolute atomic E-state index is 13.9. The molecule has 162 valence electrons. The number of nitrogens with one attached hydrogen (secondary N) is 2. The number of aliphatic imine (C=N–C) groups is 1. The molecule has 8 heteroatoms. The Morgan fingerprint density at radius 2 is 2.00 bits per heavy atom. The van der Waals surface area contributed by atoms with E-state index in [-0.39, 0.29) is 5.82 Å². The number of halogens is 1. The molecule has 2 heterocycles. The zero-order chi connectivity index (χ0) is 21.5. The van der Waals surface area contributed by atoms with E-state index in [1.807, 2.05) is 36.7 Å². The fourth-order valence-electron chi connectivity index (χ4n) is 3.16. The first-order chi connectivity index (χ1) is 15.2. The topological polar surface area (TPSA) is 67.8 Å². The molecule has 0 unspecified atom stereocenters. The Hall–Kier alpha value is -3.13. The number of fused-ring (bicyclic) bond motifs is 1. The maximum Gasteiger partial charge on any atom is 0.196 e. The third-order valence-corrected chi connectivity index (χ3v) is 5.80. The first kappa shape index (κ1) is 21.1. The van der Waals surface area contributed by atoms with Gasteiger partial charge in [-0.3, -0.25) is 0 Å². The molecule has 0 radical (unpaired) electrons. The molecule has 0 fully saturated rings. The molecule has 0 spiro atoms. The first-order valence-electron chi connectivity index (χ1n) is 10.3. The Bertz CT molecular complexity index is 1050. The van der Waals surface area contributed by atoms with Crippen LogP contribution in [0.1, 0.15) is 22.6 Å². The summed E-state index contributed by atoms with van der Waals surface area (Å²) in [4.78, 5) is 10.1. The fourth-order valence-corrected chi connectivity index (χ4v) is 3.86. The van der Waals surface area contributed by atoms with Crippen LogP contribution in [0.2, 0.25) is 0 Å². The van der Waals surface area contributed by atoms with Gasteiger partial charge < -0.3 is 20.1 Å². The smallest absolute Gasteiger partial charge is 0.196 e. The molecule has 0 saturated heterocycles. The van der Waals surface area contributed by atoms with Gasteiger partial charge in [-0.2, -0.15) is 0 Å². The Morgan fingerprint density at radius 3 is 2.81 bits per heavy atom. The van der Waals surface area contributed by atoms with E-state index in [4.69, 9.17) is 14.5 Å². The Morgan fingerprint density at radius 1 is 1.16 bits per heavy atom. The van der Waals surface area contributed by atoms with Crippen molar-refractivity contribution in [1.29, 1.82) is 0 Å². The number of hydrogen-bond acceptors (Lipinski definition) is 5. The van der Waals surface area contributed by atoms with E-state index in [1.165, 1.54) is 6.07 Å². The lowest BCUT2D eigenvalue weighted by Gasteiger charge is -2.15. The summed E-state index contributed by atoms with van der Waals surface area (Å²) in [5.41, 5.74) is 4.31. The van der Waals surface area contributed by atoms with Gasteiger partial charge in [-0.25, -0.2) is 14.4 Å². The SMILES string of the molecule is Cc1ncsc1CN=C(NCCc1ccccc1F)Nc1ccc2c(c1)OCCCO2. The van der Waals surface area contributed by atoms with Crippen molar-refractivity contribution in [2.75, 3.05) is 25.1 Å². The molecule has 0 saturated carbocycles. The Labute approximate surface area is 185 Å². The molecule has 1 aliphatic heterocycles. The summed E-state index contributed by atoms with van der Waals surface area (Å²) in [7, 11) is 0. The number of rotatable bonds is 6. The van der Waals surface area contributed by atoms with Crippen molar-refractivity contribution in [3.8, 4) is 11.5 Å². The summed E-state index contributed by atoms with van der Waals surface area (Å²) in [6.07, 6.45) is 1.41.